The summed E-state index contributed by atoms with van der Waals surface area (Å²) in [5.41, 5.74) is -0.780. The minimum Gasteiger partial charge on any atom is -0.481 e. The Balaban J connectivity index is 2.29. The molecule has 1 aromatic rings. The predicted molar refractivity (Wildman–Crippen MR) is 72.4 cm³/mol. The number of rotatable bonds is 4. The number of benzene rings is 1. The molecule has 1 aliphatic rings. The van der Waals surface area contributed by atoms with E-state index in [9.17, 15) is 18.7 Å². The molecule has 0 aromatic heterocycles. The molecule has 2 rings (SSSR count). The van der Waals surface area contributed by atoms with Crippen molar-refractivity contribution >= 4 is 5.97 Å². The van der Waals surface area contributed by atoms with E-state index in [0.29, 0.717) is 18.8 Å². The lowest BCUT2D eigenvalue weighted by molar-refractivity contribution is -0.152. The Labute approximate surface area is 117 Å². The van der Waals surface area contributed by atoms with Crippen molar-refractivity contribution in [3.05, 3.63) is 35.4 Å². The molecule has 1 saturated carbocycles. The maximum absolute atomic E-state index is 13.8. The fraction of sp³-hybridized carbons (Fsp3) is 0.562. The van der Waals surface area contributed by atoms with Gasteiger partial charge in [-0.3, -0.25) is 4.79 Å². The van der Waals surface area contributed by atoms with Gasteiger partial charge in [-0.1, -0.05) is 26.2 Å². The van der Waals surface area contributed by atoms with E-state index < -0.39 is 23.0 Å². The highest BCUT2D eigenvalue weighted by molar-refractivity contribution is 5.75. The summed E-state index contributed by atoms with van der Waals surface area (Å²) in [6.45, 7) is 2.05. The third kappa shape index (κ3) is 3.00. The van der Waals surface area contributed by atoms with Crippen molar-refractivity contribution in [2.24, 2.45) is 11.3 Å². The molecule has 0 amide bonds. The van der Waals surface area contributed by atoms with Gasteiger partial charge in [-0.25, -0.2) is 8.78 Å². The molecule has 0 bridgehead atoms. The molecule has 2 atom stereocenters. The van der Waals surface area contributed by atoms with Crippen LogP contribution < -0.4 is 0 Å². The van der Waals surface area contributed by atoms with Crippen LogP contribution in [0.25, 0.3) is 0 Å². The maximum Gasteiger partial charge on any atom is 0.309 e. The maximum atomic E-state index is 13.8. The predicted octanol–water partition coefficient (Wildman–Crippen LogP) is 4.18. The summed E-state index contributed by atoms with van der Waals surface area (Å²) in [5.74, 6) is -1.58. The lowest BCUT2D eigenvalue weighted by Crippen LogP contribution is -2.38. The fourth-order valence-electron chi connectivity index (χ4n) is 3.31. The van der Waals surface area contributed by atoms with Crippen LogP contribution in [0.3, 0.4) is 0 Å². The van der Waals surface area contributed by atoms with Crippen LogP contribution in [0.2, 0.25) is 0 Å². The highest BCUT2D eigenvalue weighted by atomic mass is 19.1. The van der Waals surface area contributed by atoms with E-state index in [1.54, 1.807) is 0 Å². The molecule has 0 radical (unpaired) electrons. The van der Waals surface area contributed by atoms with Gasteiger partial charge in [-0.05, 0) is 48.9 Å². The van der Waals surface area contributed by atoms with Crippen molar-refractivity contribution in [3.8, 4) is 0 Å². The number of carbonyl (C=O) groups is 1. The Bertz CT molecular complexity index is 501. The number of hydrogen-bond acceptors (Lipinski definition) is 1. The lowest BCUT2D eigenvalue weighted by Gasteiger charge is -2.37. The molecule has 4 heteroatoms. The van der Waals surface area contributed by atoms with Crippen molar-refractivity contribution in [1.29, 1.82) is 0 Å². The Hall–Kier alpha value is -1.45. The van der Waals surface area contributed by atoms with Crippen molar-refractivity contribution in [1.82, 2.24) is 0 Å². The van der Waals surface area contributed by atoms with E-state index in [4.69, 9.17) is 0 Å². The normalized spacial score (nSPS) is 26.4. The van der Waals surface area contributed by atoms with Gasteiger partial charge in [0.05, 0.1) is 5.41 Å². The van der Waals surface area contributed by atoms with Crippen LogP contribution in [-0.2, 0) is 11.2 Å². The first-order valence-electron chi connectivity index (χ1n) is 7.14. The van der Waals surface area contributed by atoms with Crippen LogP contribution in [-0.4, -0.2) is 11.1 Å². The Morgan fingerprint density at radius 3 is 2.85 bits per heavy atom. The van der Waals surface area contributed by atoms with Crippen molar-refractivity contribution in [2.45, 2.75) is 45.4 Å². The topological polar surface area (TPSA) is 37.3 Å². The van der Waals surface area contributed by atoms with Crippen LogP contribution in [0, 0.1) is 23.0 Å². The number of aliphatic carboxylic acids is 1. The van der Waals surface area contributed by atoms with Gasteiger partial charge in [-0.2, -0.15) is 0 Å². The summed E-state index contributed by atoms with van der Waals surface area (Å²) < 4.78 is 27.0. The number of carboxylic acids is 1. The fourth-order valence-corrected chi connectivity index (χ4v) is 3.31. The Morgan fingerprint density at radius 2 is 2.20 bits per heavy atom. The Morgan fingerprint density at radius 1 is 1.45 bits per heavy atom. The molecule has 1 N–H and O–H groups in total. The second-order valence-electron chi connectivity index (χ2n) is 5.87. The van der Waals surface area contributed by atoms with E-state index in [1.165, 1.54) is 0 Å². The van der Waals surface area contributed by atoms with E-state index in [2.05, 4.69) is 0 Å². The first-order chi connectivity index (χ1) is 9.47. The minimum absolute atomic E-state index is 0.0719. The molecule has 2 unspecified atom stereocenters. The number of hydrogen-bond donors (Lipinski definition) is 1. The monoisotopic (exact) mass is 282 g/mol. The van der Waals surface area contributed by atoms with Crippen molar-refractivity contribution in [3.63, 3.8) is 0 Å². The number of halogens is 2. The molecule has 0 heterocycles. The van der Waals surface area contributed by atoms with E-state index in [0.717, 1.165) is 37.5 Å². The molecule has 1 aliphatic carbocycles. The zero-order valence-corrected chi connectivity index (χ0v) is 11.7. The second-order valence-corrected chi connectivity index (χ2v) is 5.87. The molecule has 0 saturated heterocycles. The molecule has 1 fully saturated rings. The molecule has 110 valence electrons. The minimum atomic E-state index is -0.951. The van der Waals surface area contributed by atoms with Gasteiger partial charge in [0.25, 0.3) is 0 Å². The van der Waals surface area contributed by atoms with Gasteiger partial charge in [0, 0.05) is 0 Å². The summed E-state index contributed by atoms with van der Waals surface area (Å²) in [7, 11) is 0. The van der Waals surface area contributed by atoms with E-state index >= 15 is 0 Å². The van der Waals surface area contributed by atoms with Crippen LogP contribution in [0.15, 0.2) is 18.2 Å². The quantitative estimate of drug-likeness (QED) is 0.899. The third-order valence-electron chi connectivity index (χ3n) is 4.51. The van der Waals surface area contributed by atoms with Crippen LogP contribution in [0.4, 0.5) is 8.78 Å². The zero-order valence-electron chi connectivity index (χ0n) is 11.7. The molecule has 0 spiro atoms. The standard InChI is InChI=1S/C16H20F2O2/c1-2-11-4-3-7-16(9-11,15(19)20)10-12-8-13(17)5-6-14(12)18/h5-6,8,11H,2-4,7,9-10H2,1H3,(H,19,20). The van der Waals surface area contributed by atoms with Crippen LogP contribution in [0.5, 0.6) is 0 Å². The van der Waals surface area contributed by atoms with Gasteiger partial charge in [0.2, 0.25) is 0 Å². The highest BCUT2D eigenvalue weighted by Gasteiger charge is 2.43. The van der Waals surface area contributed by atoms with Gasteiger partial charge < -0.3 is 5.11 Å². The number of carboxylic acid groups (broad SMARTS) is 1. The van der Waals surface area contributed by atoms with Gasteiger partial charge >= 0.3 is 5.97 Å². The zero-order chi connectivity index (χ0) is 14.8. The third-order valence-corrected chi connectivity index (χ3v) is 4.51. The van der Waals surface area contributed by atoms with Gasteiger partial charge in [-0.15, -0.1) is 0 Å². The van der Waals surface area contributed by atoms with Crippen molar-refractivity contribution in [2.75, 3.05) is 0 Å². The average molecular weight is 282 g/mol. The van der Waals surface area contributed by atoms with Crippen LogP contribution >= 0.6 is 0 Å². The Kier molecular flexibility index (Phi) is 4.41. The summed E-state index contributed by atoms with van der Waals surface area (Å²) in [4.78, 5) is 11.7. The highest BCUT2D eigenvalue weighted by Crippen LogP contribution is 2.43. The second kappa shape index (κ2) is 5.90. The molecule has 1 aromatic carbocycles. The van der Waals surface area contributed by atoms with Gasteiger partial charge in [0.1, 0.15) is 11.6 Å². The van der Waals surface area contributed by atoms with Crippen LogP contribution in [0.1, 0.15) is 44.6 Å². The SMILES string of the molecule is CCC1CCCC(Cc2cc(F)ccc2F)(C(=O)O)C1. The van der Waals surface area contributed by atoms with E-state index in [1.807, 2.05) is 6.92 Å². The molecular formula is C16H20F2O2. The summed E-state index contributed by atoms with van der Waals surface area (Å²) in [5, 5.41) is 9.61. The smallest absolute Gasteiger partial charge is 0.309 e. The van der Waals surface area contributed by atoms with E-state index in [-0.39, 0.29) is 12.0 Å². The molecule has 20 heavy (non-hydrogen) atoms. The first-order valence-corrected chi connectivity index (χ1v) is 7.14. The summed E-state index contributed by atoms with van der Waals surface area (Å²) in [6, 6.07) is 3.25. The van der Waals surface area contributed by atoms with Crippen molar-refractivity contribution < 1.29 is 18.7 Å². The average Bonchev–Trinajstić information content (AvgIpc) is 2.43. The van der Waals surface area contributed by atoms with Gasteiger partial charge in [0.15, 0.2) is 0 Å². The summed E-state index contributed by atoms with van der Waals surface area (Å²) >= 11 is 0. The summed E-state index contributed by atoms with van der Waals surface area (Å²) in [6.07, 6.45) is 3.95. The molecule has 0 aliphatic heterocycles. The lowest BCUT2D eigenvalue weighted by atomic mass is 9.66. The molecule has 2 nitrogen and oxygen atoms in total. The largest absolute Gasteiger partial charge is 0.481 e. The molecular weight excluding hydrogens is 262 g/mol. The first kappa shape index (κ1) is 14.9.